The Kier molecular flexibility index (Phi) is 7.05. The molecule has 5 nitrogen and oxygen atoms in total. The summed E-state index contributed by atoms with van der Waals surface area (Å²) in [5.74, 6) is -1.65. The Morgan fingerprint density at radius 1 is 1.04 bits per heavy atom. The molecule has 2 N–H and O–H groups in total. The van der Waals surface area contributed by atoms with Crippen molar-refractivity contribution in [1.82, 2.24) is 10.6 Å². The molecule has 0 radical (unpaired) electrons. The van der Waals surface area contributed by atoms with Crippen molar-refractivity contribution in [2.24, 2.45) is 0 Å². The average Bonchev–Trinajstić information content (AvgIpc) is 2.65. The van der Waals surface area contributed by atoms with Gasteiger partial charge >= 0.3 is 0 Å². The van der Waals surface area contributed by atoms with E-state index in [0.29, 0.717) is 11.1 Å². The van der Waals surface area contributed by atoms with Crippen LogP contribution in [0.4, 0.5) is 8.78 Å². The van der Waals surface area contributed by atoms with Gasteiger partial charge in [-0.2, -0.15) is 0 Å². The molecular weight excluding hydrogens is 354 g/mol. The molecule has 0 aliphatic rings. The Balaban J connectivity index is 1.76. The van der Waals surface area contributed by atoms with Gasteiger partial charge in [-0.05, 0) is 48.4 Å². The summed E-state index contributed by atoms with van der Waals surface area (Å²) in [6, 6.07) is 8.56. The molecule has 0 bridgehead atoms. The number of ether oxygens (including phenoxy) is 1. The summed E-state index contributed by atoms with van der Waals surface area (Å²) in [6.07, 6.45) is 2.73. The third-order valence-corrected chi connectivity index (χ3v) is 3.75. The van der Waals surface area contributed by atoms with Crippen LogP contribution < -0.4 is 15.4 Å². The minimum absolute atomic E-state index is 0.126. The summed E-state index contributed by atoms with van der Waals surface area (Å²) in [7, 11) is 1.37. The lowest BCUT2D eigenvalue weighted by molar-refractivity contribution is -0.116. The number of hydrogen-bond acceptors (Lipinski definition) is 3. The first-order valence-electron chi connectivity index (χ1n) is 8.24. The summed E-state index contributed by atoms with van der Waals surface area (Å²) in [6.45, 7) is 1.99. The van der Waals surface area contributed by atoms with Gasteiger partial charge in [-0.25, -0.2) is 8.78 Å². The van der Waals surface area contributed by atoms with Gasteiger partial charge in [0, 0.05) is 24.7 Å². The molecule has 0 aliphatic heterocycles. The average molecular weight is 374 g/mol. The highest BCUT2D eigenvalue weighted by Gasteiger charge is 2.07. The number of carbonyl (C=O) groups is 2. The van der Waals surface area contributed by atoms with Crippen molar-refractivity contribution in [3.63, 3.8) is 0 Å². The Labute approximate surface area is 156 Å². The highest BCUT2D eigenvalue weighted by atomic mass is 19.1. The molecule has 0 aliphatic carbocycles. The minimum atomic E-state index is -0.518. The minimum Gasteiger partial charge on any atom is -0.494 e. The molecule has 2 aromatic rings. The van der Waals surface area contributed by atoms with Crippen LogP contribution in [0, 0.1) is 18.6 Å². The van der Waals surface area contributed by atoms with Crippen LogP contribution in [-0.2, 0) is 4.79 Å². The predicted molar refractivity (Wildman–Crippen MR) is 98.5 cm³/mol. The van der Waals surface area contributed by atoms with Gasteiger partial charge in [0.25, 0.3) is 5.91 Å². The fraction of sp³-hybridized carbons (Fsp3) is 0.200. The smallest absolute Gasteiger partial charge is 0.251 e. The topological polar surface area (TPSA) is 67.4 Å². The van der Waals surface area contributed by atoms with Crippen molar-refractivity contribution in [2.75, 3.05) is 20.2 Å². The fourth-order valence-electron chi connectivity index (χ4n) is 2.22. The zero-order valence-corrected chi connectivity index (χ0v) is 15.0. The quantitative estimate of drug-likeness (QED) is 0.579. The second-order valence-electron chi connectivity index (χ2n) is 5.74. The Bertz CT molecular complexity index is 866. The molecule has 0 spiro atoms. The van der Waals surface area contributed by atoms with Crippen LogP contribution in [-0.4, -0.2) is 32.0 Å². The summed E-state index contributed by atoms with van der Waals surface area (Å²) in [4.78, 5) is 23.6. The summed E-state index contributed by atoms with van der Waals surface area (Å²) >= 11 is 0. The van der Waals surface area contributed by atoms with E-state index >= 15 is 0 Å². The number of hydrogen-bond donors (Lipinski definition) is 2. The van der Waals surface area contributed by atoms with Gasteiger partial charge in [-0.3, -0.25) is 9.59 Å². The van der Waals surface area contributed by atoms with Crippen LogP contribution in [0.1, 0.15) is 21.5 Å². The predicted octanol–water partition coefficient (Wildman–Crippen LogP) is 2.84. The number of aryl methyl sites for hydroxylation is 1. The monoisotopic (exact) mass is 374 g/mol. The van der Waals surface area contributed by atoms with Crippen molar-refractivity contribution in [2.45, 2.75) is 6.92 Å². The maximum absolute atomic E-state index is 13.6. The van der Waals surface area contributed by atoms with E-state index in [1.807, 2.05) is 0 Å². The first-order chi connectivity index (χ1) is 12.9. The molecule has 2 amide bonds. The molecular formula is C20H20F2N2O3. The van der Waals surface area contributed by atoms with E-state index in [-0.39, 0.29) is 30.3 Å². The van der Waals surface area contributed by atoms with E-state index in [1.165, 1.54) is 49.6 Å². The van der Waals surface area contributed by atoms with Crippen molar-refractivity contribution in [3.05, 3.63) is 70.8 Å². The fourth-order valence-corrected chi connectivity index (χ4v) is 2.22. The molecule has 2 aromatic carbocycles. The standard InChI is InChI=1S/C20H20F2N2O3/c1-13-3-6-15(12-16(13)21)20(26)24-10-9-23-19(25)8-5-14-4-7-18(27-2)17(22)11-14/h3-8,11-12H,9-10H2,1-2H3,(H,23,25)(H,24,26)/b8-5+. The second-order valence-corrected chi connectivity index (χ2v) is 5.74. The van der Waals surface area contributed by atoms with Gasteiger partial charge in [0.15, 0.2) is 11.6 Å². The maximum atomic E-state index is 13.6. The Hall–Kier alpha value is -3.22. The van der Waals surface area contributed by atoms with Crippen LogP contribution in [0.15, 0.2) is 42.5 Å². The van der Waals surface area contributed by atoms with Gasteiger partial charge in [0.05, 0.1) is 7.11 Å². The lowest BCUT2D eigenvalue weighted by Crippen LogP contribution is -2.34. The third kappa shape index (κ3) is 5.91. The molecule has 0 atom stereocenters. The van der Waals surface area contributed by atoms with Crippen LogP contribution in [0.5, 0.6) is 5.75 Å². The number of rotatable bonds is 7. The third-order valence-electron chi connectivity index (χ3n) is 3.75. The molecule has 7 heteroatoms. The lowest BCUT2D eigenvalue weighted by atomic mass is 10.1. The van der Waals surface area contributed by atoms with Crippen molar-refractivity contribution in [1.29, 1.82) is 0 Å². The zero-order valence-electron chi connectivity index (χ0n) is 15.0. The maximum Gasteiger partial charge on any atom is 0.251 e. The number of halogens is 2. The van der Waals surface area contributed by atoms with E-state index in [4.69, 9.17) is 4.74 Å². The Morgan fingerprint density at radius 3 is 2.44 bits per heavy atom. The number of benzene rings is 2. The van der Waals surface area contributed by atoms with Gasteiger partial charge in [-0.15, -0.1) is 0 Å². The van der Waals surface area contributed by atoms with Crippen LogP contribution >= 0.6 is 0 Å². The molecule has 0 aromatic heterocycles. The van der Waals surface area contributed by atoms with Crippen molar-refractivity contribution < 1.29 is 23.1 Å². The highest BCUT2D eigenvalue weighted by molar-refractivity contribution is 5.94. The molecule has 0 fully saturated rings. The lowest BCUT2D eigenvalue weighted by Gasteiger charge is -2.07. The molecule has 2 rings (SSSR count). The number of carbonyl (C=O) groups excluding carboxylic acids is 2. The number of nitrogens with one attached hydrogen (secondary N) is 2. The summed E-state index contributed by atoms with van der Waals surface area (Å²) in [5, 5.41) is 5.17. The Morgan fingerprint density at radius 2 is 1.78 bits per heavy atom. The first-order valence-corrected chi connectivity index (χ1v) is 8.24. The highest BCUT2D eigenvalue weighted by Crippen LogP contribution is 2.18. The molecule has 0 saturated heterocycles. The first kappa shape index (κ1) is 20.1. The number of methoxy groups -OCH3 is 1. The van der Waals surface area contributed by atoms with Crippen molar-refractivity contribution >= 4 is 17.9 Å². The van der Waals surface area contributed by atoms with Gasteiger partial charge in [-0.1, -0.05) is 12.1 Å². The van der Waals surface area contributed by atoms with Crippen LogP contribution in [0.25, 0.3) is 6.08 Å². The van der Waals surface area contributed by atoms with E-state index in [9.17, 15) is 18.4 Å². The van der Waals surface area contributed by atoms with Gasteiger partial charge in [0.2, 0.25) is 5.91 Å². The molecule has 0 unspecified atom stereocenters. The SMILES string of the molecule is COc1ccc(/C=C/C(=O)NCCNC(=O)c2ccc(C)c(F)c2)cc1F. The van der Waals surface area contributed by atoms with Crippen LogP contribution in [0.3, 0.4) is 0 Å². The largest absolute Gasteiger partial charge is 0.494 e. The van der Waals surface area contributed by atoms with Crippen molar-refractivity contribution in [3.8, 4) is 5.75 Å². The molecule has 142 valence electrons. The molecule has 27 heavy (non-hydrogen) atoms. The molecule has 0 saturated carbocycles. The second kappa shape index (κ2) is 9.47. The normalized spacial score (nSPS) is 10.7. The van der Waals surface area contributed by atoms with Gasteiger partial charge in [0.1, 0.15) is 5.82 Å². The zero-order chi connectivity index (χ0) is 19.8. The summed E-state index contributed by atoms with van der Waals surface area (Å²) < 4.78 is 31.8. The van der Waals surface area contributed by atoms with E-state index < -0.39 is 17.5 Å². The van der Waals surface area contributed by atoms with Gasteiger partial charge < -0.3 is 15.4 Å². The van der Waals surface area contributed by atoms with Crippen LogP contribution in [0.2, 0.25) is 0 Å². The van der Waals surface area contributed by atoms with E-state index in [2.05, 4.69) is 10.6 Å². The van der Waals surface area contributed by atoms with E-state index in [0.717, 1.165) is 0 Å². The number of amides is 2. The van der Waals surface area contributed by atoms with E-state index in [1.54, 1.807) is 13.0 Å². The molecule has 0 heterocycles. The summed E-state index contributed by atoms with van der Waals surface area (Å²) in [5.41, 5.74) is 1.19.